The van der Waals surface area contributed by atoms with E-state index in [0.717, 1.165) is 27.9 Å². The normalized spacial score (nSPS) is 15.3. The molecule has 1 aliphatic heterocycles. The third-order valence-corrected chi connectivity index (χ3v) is 6.10. The molecule has 8 heteroatoms. The number of carbonyl (C=O) groups excluding carboxylic acids is 1. The molecule has 4 aromatic rings. The highest BCUT2D eigenvalue weighted by Gasteiger charge is 2.39. The monoisotopic (exact) mass is 405 g/mol. The SMILES string of the molecule is CC1OC(=O)c2sc([N+](=O)[O-])c(Nc3ccc4ccn(-c5ccccc5)c4c3)c21. The van der Waals surface area contributed by atoms with Gasteiger partial charge >= 0.3 is 11.0 Å². The Bertz CT molecular complexity index is 1280. The predicted molar refractivity (Wildman–Crippen MR) is 111 cm³/mol. The summed E-state index contributed by atoms with van der Waals surface area (Å²) in [4.78, 5) is 23.4. The lowest BCUT2D eigenvalue weighted by Gasteiger charge is -2.11. The molecule has 5 rings (SSSR count). The van der Waals surface area contributed by atoms with E-state index in [0.29, 0.717) is 21.8 Å². The molecule has 0 bridgehead atoms. The summed E-state index contributed by atoms with van der Waals surface area (Å²) in [7, 11) is 0. The number of ether oxygens (including phenoxy) is 1. The highest BCUT2D eigenvalue weighted by Crippen LogP contribution is 2.49. The lowest BCUT2D eigenvalue weighted by Crippen LogP contribution is -2.00. The molecule has 1 unspecified atom stereocenters. The van der Waals surface area contributed by atoms with Crippen LogP contribution < -0.4 is 5.32 Å². The second-order valence-electron chi connectivity index (χ2n) is 6.75. The quantitative estimate of drug-likeness (QED) is 0.272. The van der Waals surface area contributed by atoms with Crippen molar-refractivity contribution in [2.75, 3.05) is 5.32 Å². The molecular formula is C21H15N3O4S. The number of benzene rings is 2. The summed E-state index contributed by atoms with van der Waals surface area (Å²) < 4.78 is 7.28. The maximum atomic E-state index is 12.0. The molecule has 3 heterocycles. The smallest absolute Gasteiger partial charge is 0.349 e. The number of nitro groups is 1. The van der Waals surface area contributed by atoms with Crippen molar-refractivity contribution in [3.05, 3.63) is 81.3 Å². The van der Waals surface area contributed by atoms with Crippen LogP contribution in [-0.4, -0.2) is 15.5 Å². The molecular weight excluding hydrogens is 390 g/mol. The Labute approximate surface area is 169 Å². The number of nitrogens with zero attached hydrogens (tertiary/aromatic N) is 2. The van der Waals surface area contributed by atoms with E-state index in [2.05, 4.69) is 9.88 Å². The summed E-state index contributed by atoms with van der Waals surface area (Å²) in [6.45, 7) is 1.72. The Kier molecular flexibility index (Phi) is 3.88. The third-order valence-electron chi connectivity index (χ3n) is 4.96. The zero-order valence-corrected chi connectivity index (χ0v) is 16.1. The number of esters is 1. The minimum absolute atomic E-state index is 0.0861. The van der Waals surface area contributed by atoms with Crippen LogP contribution in [0.1, 0.15) is 28.3 Å². The van der Waals surface area contributed by atoms with Gasteiger partial charge in [-0.05, 0) is 37.3 Å². The molecule has 0 spiro atoms. The van der Waals surface area contributed by atoms with Gasteiger partial charge in [-0.2, -0.15) is 0 Å². The molecule has 29 heavy (non-hydrogen) atoms. The average Bonchev–Trinajstić information content (AvgIpc) is 3.37. The fourth-order valence-electron chi connectivity index (χ4n) is 3.66. The third kappa shape index (κ3) is 2.76. The summed E-state index contributed by atoms with van der Waals surface area (Å²) >= 11 is 0.852. The number of nitrogens with one attached hydrogen (secondary N) is 1. The number of anilines is 2. The van der Waals surface area contributed by atoms with E-state index < -0.39 is 17.0 Å². The highest BCUT2D eigenvalue weighted by molar-refractivity contribution is 7.18. The van der Waals surface area contributed by atoms with Crippen molar-refractivity contribution in [3.8, 4) is 5.69 Å². The lowest BCUT2D eigenvalue weighted by molar-refractivity contribution is -0.379. The minimum Gasteiger partial charge on any atom is -0.453 e. The van der Waals surface area contributed by atoms with Crippen molar-refractivity contribution >= 4 is 44.6 Å². The molecule has 1 aliphatic rings. The summed E-state index contributed by atoms with van der Waals surface area (Å²) in [5.74, 6) is -0.512. The van der Waals surface area contributed by atoms with Gasteiger partial charge in [-0.25, -0.2) is 4.79 Å². The maximum absolute atomic E-state index is 12.0. The van der Waals surface area contributed by atoms with E-state index in [4.69, 9.17) is 4.74 Å². The van der Waals surface area contributed by atoms with Crippen LogP contribution >= 0.6 is 11.3 Å². The lowest BCUT2D eigenvalue weighted by atomic mass is 10.1. The number of hydrogen-bond acceptors (Lipinski definition) is 6. The Morgan fingerprint density at radius 3 is 2.72 bits per heavy atom. The van der Waals surface area contributed by atoms with Crippen LogP contribution in [0.2, 0.25) is 0 Å². The van der Waals surface area contributed by atoms with Crippen LogP contribution in [0.3, 0.4) is 0 Å². The predicted octanol–water partition coefficient (Wildman–Crippen LogP) is 5.58. The van der Waals surface area contributed by atoms with E-state index in [1.54, 1.807) is 6.92 Å². The first-order valence-corrected chi connectivity index (χ1v) is 9.80. The number of fused-ring (bicyclic) bond motifs is 2. The minimum atomic E-state index is -0.526. The second-order valence-corrected chi connectivity index (χ2v) is 7.75. The molecule has 0 saturated carbocycles. The second kappa shape index (κ2) is 6.46. The van der Waals surface area contributed by atoms with Gasteiger partial charge in [0, 0.05) is 28.5 Å². The first-order valence-electron chi connectivity index (χ1n) is 8.98. The standard InChI is InChI=1S/C21H15N3O4S/c1-12-17-18(20(24(26)27)29-19(17)21(25)28-12)22-14-8-7-13-9-10-23(16(13)11-14)15-5-3-2-4-6-15/h2-12,22H,1H3. The number of rotatable bonds is 4. The van der Waals surface area contributed by atoms with E-state index in [1.165, 1.54) is 0 Å². The van der Waals surface area contributed by atoms with Crippen LogP contribution in [0.4, 0.5) is 16.4 Å². The van der Waals surface area contributed by atoms with Crippen molar-refractivity contribution in [1.29, 1.82) is 0 Å². The van der Waals surface area contributed by atoms with Crippen molar-refractivity contribution in [2.45, 2.75) is 13.0 Å². The van der Waals surface area contributed by atoms with Gasteiger partial charge in [0.15, 0.2) is 0 Å². The Morgan fingerprint density at radius 1 is 1.17 bits per heavy atom. The number of hydrogen-bond donors (Lipinski definition) is 1. The fraction of sp³-hybridized carbons (Fsp3) is 0.0952. The molecule has 2 aromatic carbocycles. The molecule has 1 atom stereocenters. The molecule has 0 amide bonds. The van der Waals surface area contributed by atoms with Gasteiger partial charge in [0.05, 0.1) is 10.4 Å². The van der Waals surface area contributed by atoms with E-state index in [9.17, 15) is 14.9 Å². The molecule has 0 saturated heterocycles. The largest absolute Gasteiger partial charge is 0.453 e. The molecule has 0 aliphatic carbocycles. The van der Waals surface area contributed by atoms with Crippen molar-refractivity contribution < 1.29 is 14.5 Å². The van der Waals surface area contributed by atoms with Gasteiger partial charge < -0.3 is 14.6 Å². The van der Waals surface area contributed by atoms with Crippen LogP contribution in [0.15, 0.2) is 60.8 Å². The van der Waals surface area contributed by atoms with Gasteiger partial charge in [0.2, 0.25) is 0 Å². The van der Waals surface area contributed by atoms with Crippen LogP contribution in [0.5, 0.6) is 0 Å². The highest BCUT2D eigenvalue weighted by atomic mass is 32.1. The number of cyclic esters (lactones) is 1. The molecule has 0 radical (unpaired) electrons. The van der Waals surface area contributed by atoms with Crippen LogP contribution in [0, 0.1) is 10.1 Å². The molecule has 7 nitrogen and oxygen atoms in total. The molecule has 1 N–H and O–H groups in total. The zero-order chi connectivity index (χ0) is 20.1. The molecule has 0 fully saturated rings. The van der Waals surface area contributed by atoms with E-state index in [1.807, 2.05) is 60.8 Å². The summed E-state index contributed by atoms with van der Waals surface area (Å²) in [6, 6.07) is 17.7. The topological polar surface area (TPSA) is 86.4 Å². The maximum Gasteiger partial charge on any atom is 0.349 e. The van der Waals surface area contributed by atoms with Crippen molar-refractivity contribution in [1.82, 2.24) is 4.57 Å². The molecule has 2 aromatic heterocycles. The first kappa shape index (κ1) is 17.4. The van der Waals surface area contributed by atoms with Gasteiger partial charge in [-0.15, -0.1) is 0 Å². The number of aromatic nitrogens is 1. The van der Waals surface area contributed by atoms with Crippen molar-refractivity contribution in [2.24, 2.45) is 0 Å². The van der Waals surface area contributed by atoms with Gasteiger partial charge in [-0.1, -0.05) is 35.6 Å². The average molecular weight is 405 g/mol. The Morgan fingerprint density at radius 2 is 1.97 bits per heavy atom. The zero-order valence-electron chi connectivity index (χ0n) is 15.3. The Balaban J connectivity index is 1.61. The van der Waals surface area contributed by atoms with Crippen LogP contribution in [0.25, 0.3) is 16.6 Å². The van der Waals surface area contributed by atoms with Crippen molar-refractivity contribution in [3.63, 3.8) is 0 Å². The first-order chi connectivity index (χ1) is 14.0. The van der Waals surface area contributed by atoms with E-state index in [-0.39, 0.29) is 5.00 Å². The summed E-state index contributed by atoms with van der Waals surface area (Å²) in [5.41, 5.74) is 3.56. The summed E-state index contributed by atoms with van der Waals surface area (Å²) in [5, 5.41) is 15.7. The Hall–Kier alpha value is -3.65. The van der Waals surface area contributed by atoms with Gasteiger partial charge in [-0.3, -0.25) is 10.1 Å². The van der Waals surface area contributed by atoms with Gasteiger partial charge in [0.1, 0.15) is 16.7 Å². The number of carbonyl (C=O) groups is 1. The summed E-state index contributed by atoms with van der Waals surface area (Å²) in [6.07, 6.45) is 1.46. The van der Waals surface area contributed by atoms with E-state index >= 15 is 0 Å². The number of thiophene rings is 1. The van der Waals surface area contributed by atoms with Gasteiger partial charge in [0.25, 0.3) is 0 Å². The molecule has 144 valence electrons. The van der Waals surface area contributed by atoms with Crippen LogP contribution in [-0.2, 0) is 4.74 Å². The fourth-order valence-corrected chi connectivity index (χ4v) is 4.70. The number of para-hydroxylation sites is 1.